The highest BCUT2D eigenvalue weighted by Crippen LogP contribution is 2.21. The lowest BCUT2D eigenvalue weighted by Gasteiger charge is -2.20. The van der Waals surface area contributed by atoms with Gasteiger partial charge in [0.15, 0.2) is 0 Å². The standard InChI is InChI=1S/C12H16BrN5/c1-17(7-9-5-16-18(2)8-9)12-10(4-14)3-11(13)6-15-12/h3,5-6,8H,4,7,14H2,1-2H3. The van der Waals surface area contributed by atoms with Gasteiger partial charge in [0.1, 0.15) is 5.82 Å². The maximum atomic E-state index is 5.75. The van der Waals surface area contributed by atoms with Crippen LogP contribution in [0.25, 0.3) is 0 Å². The average Bonchev–Trinajstić information content (AvgIpc) is 2.74. The maximum absolute atomic E-state index is 5.75. The lowest BCUT2D eigenvalue weighted by atomic mass is 10.2. The fraction of sp³-hybridized carbons (Fsp3) is 0.333. The van der Waals surface area contributed by atoms with Crippen molar-refractivity contribution in [1.82, 2.24) is 14.8 Å². The van der Waals surface area contributed by atoms with E-state index in [1.165, 1.54) is 0 Å². The first-order valence-electron chi connectivity index (χ1n) is 5.63. The third kappa shape index (κ3) is 2.88. The van der Waals surface area contributed by atoms with Crippen LogP contribution in [-0.4, -0.2) is 21.8 Å². The largest absolute Gasteiger partial charge is 0.355 e. The highest BCUT2D eigenvalue weighted by Gasteiger charge is 2.10. The third-order valence-corrected chi connectivity index (χ3v) is 3.10. The zero-order valence-corrected chi connectivity index (χ0v) is 12.1. The molecule has 2 aromatic rings. The maximum Gasteiger partial charge on any atom is 0.133 e. The molecule has 0 saturated heterocycles. The Bertz CT molecular complexity index is 537. The number of pyridine rings is 1. The summed E-state index contributed by atoms with van der Waals surface area (Å²) in [6, 6.07) is 2.00. The number of aryl methyl sites for hydroxylation is 1. The second kappa shape index (κ2) is 5.49. The van der Waals surface area contributed by atoms with Crippen molar-refractivity contribution in [2.75, 3.05) is 11.9 Å². The van der Waals surface area contributed by atoms with E-state index in [1.54, 1.807) is 10.9 Å². The quantitative estimate of drug-likeness (QED) is 0.933. The van der Waals surface area contributed by atoms with E-state index in [-0.39, 0.29) is 0 Å². The molecule has 0 atom stereocenters. The van der Waals surface area contributed by atoms with Crippen LogP contribution in [0.3, 0.4) is 0 Å². The molecule has 0 saturated carbocycles. The van der Waals surface area contributed by atoms with Gasteiger partial charge in [-0.2, -0.15) is 5.10 Å². The number of hydrogen-bond donors (Lipinski definition) is 1. The number of hydrogen-bond acceptors (Lipinski definition) is 4. The minimum absolute atomic E-state index is 0.471. The predicted molar refractivity (Wildman–Crippen MR) is 75.1 cm³/mol. The number of nitrogens with two attached hydrogens (primary N) is 1. The summed E-state index contributed by atoms with van der Waals surface area (Å²) in [5, 5.41) is 4.16. The topological polar surface area (TPSA) is 60.0 Å². The van der Waals surface area contributed by atoms with E-state index >= 15 is 0 Å². The number of rotatable bonds is 4. The van der Waals surface area contributed by atoms with E-state index in [0.29, 0.717) is 6.54 Å². The van der Waals surface area contributed by atoms with Gasteiger partial charge in [0.2, 0.25) is 0 Å². The molecule has 2 aromatic heterocycles. The molecule has 0 unspecified atom stereocenters. The molecule has 0 radical (unpaired) electrons. The van der Waals surface area contributed by atoms with E-state index in [1.807, 2.05) is 32.6 Å². The Balaban J connectivity index is 2.20. The SMILES string of the molecule is CN(Cc1cnn(C)c1)c1ncc(Br)cc1CN. The van der Waals surface area contributed by atoms with Crippen molar-refractivity contribution in [2.45, 2.75) is 13.1 Å². The number of nitrogens with zero attached hydrogens (tertiary/aromatic N) is 4. The van der Waals surface area contributed by atoms with Gasteiger partial charge < -0.3 is 10.6 Å². The van der Waals surface area contributed by atoms with Gasteiger partial charge in [-0.1, -0.05) is 0 Å². The van der Waals surface area contributed by atoms with E-state index < -0.39 is 0 Å². The first-order valence-corrected chi connectivity index (χ1v) is 6.42. The highest BCUT2D eigenvalue weighted by molar-refractivity contribution is 9.10. The summed E-state index contributed by atoms with van der Waals surface area (Å²) in [5.41, 5.74) is 7.92. The molecule has 0 amide bonds. The molecule has 2 rings (SSSR count). The second-order valence-corrected chi connectivity index (χ2v) is 5.13. The van der Waals surface area contributed by atoms with E-state index in [9.17, 15) is 0 Å². The third-order valence-electron chi connectivity index (χ3n) is 2.67. The second-order valence-electron chi connectivity index (χ2n) is 4.22. The van der Waals surface area contributed by atoms with Gasteiger partial charge in [0.25, 0.3) is 0 Å². The van der Waals surface area contributed by atoms with Crippen LogP contribution in [0.5, 0.6) is 0 Å². The lowest BCUT2D eigenvalue weighted by Crippen LogP contribution is -2.20. The van der Waals surface area contributed by atoms with Crippen molar-refractivity contribution in [3.8, 4) is 0 Å². The summed E-state index contributed by atoms with van der Waals surface area (Å²) >= 11 is 3.41. The Morgan fingerprint density at radius 3 is 2.83 bits per heavy atom. The Labute approximate surface area is 115 Å². The summed E-state index contributed by atoms with van der Waals surface area (Å²) in [4.78, 5) is 6.50. The molecule has 0 aliphatic carbocycles. The number of aromatic nitrogens is 3. The fourth-order valence-corrected chi connectivity index (χ4v) is 2.25. The van der Waals surface area contributed by atoms with Crippen LogP contribution >= 0.6 is 15.9 Å². The molecule has 0 fully saturated rings. The molecule has 0 aromatic carbocycles. The monoisotopic (exact) mass is 309 g/mol. The molecule has 2 heterocycles. The van der Waals surface area contributed by atoms with Crippen LogP contribution in [0, 0.1) is 0 Å². The molecule has 6 heteroatoms. The molecule has 0 aliphatic rings. The summed E-state index contributed by atoms with van der Waals surface area (Å²) in [6.07, 6.45) is 5.64. The normalized spacial score (nSPS) is 10.7. The van der Waals surface area contributed by atoms with Crippen molar-refractivity contribution >= 4 is 21.7 Å². The Hall–Kier alpha value is -1.40. The van der Waals surface area contributed by atoms with Crippen molar-refractivity contribution in [2.24, 2.45) is 12.8 Å². The first kappa shape index (κ1) is 13.0. The number of anilines is 1. The molecule has 5 nitrogen and oxygen atoms in total. The van der Waals surface area contributed by atoms with Crippen molar-refractivity contribution < 1.29 is 0 Å². The summed E-state index contributed by atoms with van der Waals surface area (Å²) in [5.74, 6) is 0.907. The zero-order chi connectivity index (χ0) is 13.1. The Kier molecular flexibility index (Phi) is 3.98. The van der Waals surface area contributed by atoms with Gasteiger partial charge in [-0.3, -0.25) is 4.68 Å². The van der Waals surface area contributed by atoms with Gasteiger partial charge in [-0.15, -0.1) is 0 Å². The molecular formula is C12H16BrN5. The van der Waals surface area contributed by atoms with E-state index in [4.69, 9.17) is 5.73 Å². The molecule has 18 heavy (non-hydrogen) atoms. The van der Waals surface area contributed by atoms with Crippen LogP contribution in [0.2, 0.25) is 0 Å². The summed E-state index contributed by atoms with van der Waals surface area (Å²) < 4.78 is 2.74. The molecule has 0 aliphatic heterocycles. The van der Waals surface area contributed by atoms with Crippen molar-refractivity contribution in [3.63, 3.8) is 0 Å². The smallest absolute Gasteiger partial charge is 0.133 e. The van der Waals surface area contributed by atoms with E-state index in [2.05, 4.69) is 30.9 Å². The fourth-order valence-electron chi connectivity index (χ4n) is 1.87. The minimum Gasteiger partial charge on any atom is -0.355 e. The molecule has 96 valence electrons. The molecule has 0 spiro atoms. The number of halogens is 1. The molecule has 0 bridgehead atoms. The van der Waals surface area contributed by atoms with Gasteiger partial charge >= 0.3 is 0 Å². The van der Waals surface area contributed by atoms with Gasteiger partial charge in [0, 0.05) is 55.2 Å². The van der Waals surface area contributed by atoms with Crippen LogP contribution in [-0.2, 0) is 20.1 Å². The summed E-state index contributed by atoms with van der Waals surface area (Å²) in [6.45, 7) is 1.23. The Morgan fingerprint density at radius 2 is 2.22 bits per heavy atom. The highest BCUT2D eigenvalue weighted by atomic mass is 79.9. The summed E-state index contributed by atoms with van der Waals surface area (Å²) in [7, 11) is 3.91. The first-order chi connectivity index (χ1) is 8.60. The molecule has 2 N–H and O–H groups in total. The van der Waals surface area contributed by atoms with Crippen LogP contribution in [0.4, 0.5) is 5.82 Å². The van der Waals surface area contributed by atoms with Crippen molar-refractivity contribution in [1.29, 1.82) is 0 Å². The van der Waals surface area contributed by atoms with Gasteiger partial charge in [0.05, 0.1) is 6.20 Å². The Morgan fingerprint density at radius 1 is 1.44 bits per heavy atom. The van der Waals surface area contributed by atoms with Gasteiger partial charge in [-0.05, 0) is 22.0 Å². The minimum atomic E-state index is 0.471. The average molecular weight is 310 g/mol. The molecular weight excluding hydrogens is 294 g/mol. The lowest BCUT2D eigenvalue weighted by molar-refractivity contribution is 0.766. The van der Waals surface area contributed by atoms with Gasteiger partial charge in [-0.25, -0.2) is 4.98 Å². The van der Waals surface area contributed by atoms with Crippen molar-refractivity contribution in [3.05, 3.63) is 40.3 Å². The van der Waals surface area contributed by atoms with E-state index in [0.717, 1.165) is 28.0 Å². The van der Waals surface area contributed by atoms with Crippen LogP contribution in [0.15, 0.2) is 29.1 Å². The van der Waals surface area contributed by atoms with Crippen LogP contribution < -0.4 is 10.6 Å². The zero-order valence-electron chi connectivity index (χ0n) is 10.5. The predicted octanol–water partition coefficient (Wildman–Crippen LogP) is 1.67. The van der Waals surface area contributed by atoms with Crippen LogP contribution in [0.1, 0.15) is 11.1 Å².